The highest BCUT2D eigenvalue weighted by molar-refractivity contribution is 7.19. The zero-order chi connectivity index (χ0) is 18.3. The van der Waals surface area contributed by atoms with Crippen LogP contribution in [-0.4, -0.2) is 21.6 Å². The molecule has 0 saturated carbocycles. The lowest BCUT2D eigenvalue weighted by Crippen LogP contribution is -2.32. The van der Waals surface area contributed by atoms with Crippen molar-refractivity contribution in [1.82, 2.24) is 9.97 Å². The van der Waals surface area contributed by atoms with Crippen LogP contribution in [0.4, 0.5) is 14.6 Å². The van der Waals surface area contributed by atoms with E-state index < -0.39 is 17.2 Å². The van der Waals surface area contributed by atoms with Crippen LogP contribution in [-0.2, 0) is 18.4 Å². The largest absolute Gasteiger partial charge is 0.383 e. The lowest BCUT2D eigenvalue weighted by molar-refractivity contribution is 0.0674. The average Bonchev–Trinajstić information content (AvgIpc) is 2.99. The monoisotopic (exact) mass is 375 g/mol. The minimum atomic E-state index is -1.51. The Morgan fingerprint density at radius 3 is 2.85 bits per heavy atom. The molecular formula is C19H19F2N3OS. The van der Waals surface area contributed by atoms with E-state index in [-0.39, 0.29) is 12.1 Å². The SMILES string of the molecule is C[C@@](O)(CNc1ncnc2sc3c(c12)CCCC3)c1ccc(F)cc1F. The molecule has 0 amide bonds. The van der Waals surface area contributed by atoms with Crippen molar-refractivity contribution in [1.29, 1.82) is 0 Å². The third kappa shape index (κ3) is 3.05. The summed E-state index contributed by atoms with van der Waals surface area (Å²) in [6.07, 6.45) is 5.90. The molecule has 2 N–H and O–H groups in total. The summed E-state index contributed by atoms with van der Waals surface area (Å²) in [5, 5.41) is 14.9. The van der Waals surface area contributed by atoms with Crippen molar-refractivity contribution in [2.24, 2.45) is 0 Å². The van der Waals surface area contributed by atoms with Crippen LogP contribution in [0.1, 0.15) is 35.8 Å². The molecule has 26 heavy (non-hydrogen) atoms. The van der Waals surface area contributed by atoms with Crippen LogP contribution in [0.25, 0.3) is 10.2 Å². The molecule has 0 fully saturated rings. The van der Waals surface area contributed by atoms with E-state index in [1.165, 1.54) is 36.2 Å². The summed E-state index contributed by atoms with van der Waals surface area (Å²) >= 11 is 1.69. The van der Waals surface area contributed by atoms with Gasteiger partial charge in [0, 0.05) is 23.1 Å². The quantitative estimate of drug-likeness (QED) is 0.719. The Hall–Kier alpha value is -2.12. The van der Waals surface area contributed by atoms with Gasteiger partial charge in [0.15, 0.2) is 0 Å². The molecule has 1 atom stereocenters. The Morgan fingerprint density at radius 1 is 1.23 bits per heavy atom. The summed E-state index contributed by atoms with van der Waals surface area (Å²) in [6.45, 7) is 1.55. The molecule has 0 spiro atoms. The summed E-state index contributed by atoms with van der Waals surface area (Å²) in [6, 6.07) is 3.20. The van der Waals surface area contributed by atoms with Crippen molar-refractivity contribution < 1.29 is 13.9 Å². The number of fused-ring (bicyclic) bond motifs is 3. The number of aromatic nitrogens is 2. The number of aryl methyl sites for hydroxylation is 2. The molecule has 1 aliphatic carbocycles. The van der Waals surface area contributed by atoms with E-state index in [4.69, 9.17) is 0 Å². The van der Waals surface area contributed by atoms with Gasteiger partial charge in [-0.25, -0.2) is 18.7 Å². The van der Waals surface area contributed by atoms with Crippen LogP contribution >= 0.6 is 11.3 Å². The van der Waals surface area contributed by atoms with Gasteiger partial charge in [0.25, 0.3) is 0 Å². The predicted molar refractivity (Wildman–Crippen MR) is 98.5 cm³/mol. The lowest BCUT2D eigenvalue weighted by atomic mass is 9.95. The molecule has 136 valence electrons. The van der Waals surface area contributed by atoms with E-state index in [1.54, 1.807) is 11.3 Å². The molecule has 3 aromatic rings. The number of aliphatic hydroxyl groups is 1. The molecule has 0 aliphatic heterocycles. The van der Waals surface area contributed by atoms with Gasteiger partial charge in [0.2, 0.25) is 0 Å². The fourth-order valence-electron chi connectivity index (χ4n) is 3.50. The topological polar surface area (TPSA) is 58.0 Å². The molecule has 1 aliphatic rings. The van der Waals surface area contributed by atoms with Crippen molar-refractivity contribution in [2.45, 2.75) is 38.2 Å². The molecule has 0 radical (unpaired) electrons. The third-order valence-electron chi connectivity index (χ3n) is 4.86. The Morgan fingerprint density at radius 2 is 2.04 bits per heavy atom. The fourth-order valence-corrected chi connectivity index (χ4v) is 4.73. The molecule has 4 nitrogen and oxygen atoms in total. The highest BCUT2D eigenvalue weighted by Crippen LogP contribution is 2.38. The number of anilines is 1. The number of thiophene rings is 1. The summed E-state index contributed by atoms with van der Waals surface area (Å²) < 4.78 is 27.2. The summed E-state index contributed by atoms with van der Waals surface area (Å²) in [4.78, 5) is 11.0. The van der Waals surface area contributed by atoms with Crippen molar-refractivity contribution in [3.05, 3.63) is 52.2 Å². The predicted octanol–water partition coefficient (Wildman–Crippen LogP) is 4.17. The van der Waals surface area contributed by atoms with Crippen molar-refractivity contribution in [2.75, 3.05) is 11.9 Å². The van der Waals surface area contributed by atoms with Crippen molar-refractivity contribution in [3.63, 3.8) is 0 Å². The van der Waals surface area contributed by atoms with E-state index in [0.717, 1.165) is 41.6 Å². The first-order valence-corrected chi connectivity index (χ1v) is 9.44. The highest BCUT2D eigenvalue weighted by atomic mass is 32.1. The normalized spacial score (nSPS) is 16.3. The van der Waals surface area contributed by atoms with Crippen LogP contribution in [0.15, 0.2) is 24.5 Å². The maximum atomic E-state index is 14.0. The Bertz CT molecular complexity index is 971. The summed E-state index contributed by atoms with van der Waals surface area (Å²) in [7, 11) is 0. The second kappa shape index (κ2) is 6.55. The molecule has 2 aromatic heterocycles. The average molecular weight is 375 g/mol. The molecule has 0 saturated heterocycles. The van der Waals surface area contributed by atoms with Crippen LogP contribution in [0.5, 0.6) is 0 Å². The molecule has 0 bridgehead atoms. The van der Waals surface area contributed by atoms with Gasteiger partial charge in [-0.15, -0.1) is 11.3 Å². The summed E-state index contributed by atoms with van der Waals surface area (Å²) in [5.74, 6) is -0.785. The van der Waals surface area contributed by atoms with E-state index in [1.807, 2.05) is 0 Å². The minimum absolute atomic E-state index is 0.0454. The Kier molecular flexibility index (Phi) is 4.36. The fraction of sp³-hybridized carbons (Fsp3) is 0.368. The standard InChI is InChI=1S/C19H19F2N3OS/c1-19(25,13-7-6-11(20)8-14(13)21)9-22-17-16-12-4-2-3-5-15(12)26-18(16)24-10-23-17/h6-8,10,25H,2-5,9H2,1H3,(H,22,23,24)/t19-/m1/s1. The number of hydrogen-bond acceptors (Lipinski definition) is 5. The van der Waals surface area contributed by atoms with Gasteiger partial charge in [0.1, 0.15) is 34.2 Å². The van der Waals surface area contributed by atoms with Gasteiger partial charge < -0.3 is 10.4 Å². The first-order valence-electron chi connectivity index (χ1n) is 8.63. The molecule has 2 heterocycles. The van der Waals surface area contributed by atoms with Gasteiger partial charge >= 0.3 is 0 Å². The molecule has 0 unspecified atom stereocenters. The maximum Gasteiger partial charge on any atom is 0.138 e. The number of halogens is 2. The smallest absolute Gasteiger partial charge is 0.138 e. The van der Waals surface area contributed by atoms with E-state index >= 15 is 0 Å². The van der Waals surface area contributed by atoms with Crippen molar-refractivity contribution >= 4 is 27.4 Å². The van der Waals surface area contributed by atoms with E-state index in [9.17, 15) is 13.9 Å². The summed E-state index contributed by atoms with van der Waals surface area (Å²) in [5.41, 5.74) is -0.179. The van der Waals surface area contributed by atoms with Gasteiger partial charge in [0.05, 0.1) is 5.39 Å². The van der Waals surface area contributed by atoms with Crippen LogP contribution in [0.2, 0.25) is 0 Å². The third-order valence-corrected chi connectivity index (χ3v) is 6.06. The number of nitrogens with zero attached hydrogens (tertiary/aromatic N) is 2. The number of rotatable bonds is 4. The molecule has 1 aromatic carbocycles. The lowest BCUT2D eigenvalue weighted by Gasteiger charge is -2.25. The Balaban J connectivity index is 1.64. The minimum Gasteiger partial charge on any atom is -0.383 e. The van der Waals surface area contributed by atoms with Gasteiger partial charge in [-0.1, -0.05) is 6.07 Å². The number of nitrogens with one attached hydrogen (secondary N) is 1. The van der Waals surface area contributed by atoms with Gasteiger partial charge in [-0.2, -0.15) is 0 Å². The second-order valence-electron chi connectivity index (χ2n) is 6.86. The second-order valence-corrected chi connectivity index (χ2v) is 7.95. The van der Waals surface area contributed by atoms with Crippen LogP contribution in [0.3, 0.4) is 0 Å². The van der Waals surface area contributed by atoms with E-state index in [2.05, 4.69) is 15.3 Å². The zero-order valence-corrected chi connectivity index (χ0v) is 15.2. The van der Waals surface area contributed by atoms with Gasteiger partial charge in [-0.05, 0) is 44.2 Å². The zero-order valence-electron chi connectivity index (χ0n) is 14.4. The molecular weight excluding hydrogens is 356 g/mol. The highest BCUT2D eigenvalue weighted by Gasteiger charge is 2.28. The van der Waals surface area contributed by atoms with Crippen LogP contribution in [0, 0.1) is 11.6 Å². The number of benzene rings is 1. The van der Waals surface area contributed by atoms with Crippen LogP contribution < -0.4 is 5.32 Å². The molecule has 4 rings (SSSR count). The maximum absolute atomic E-state index is 14.0. The number of hydrogen-bond donors (Lipinski definition) is 2. The first-order chi connectivity index (χ1) is 12.5. The van der Waals surface area contributed by atoms with Gasteiger partial charge in [-0.3, -0.25) is 0 Å². The molecule has 7 heteroatoms. The Labute approximate surface area is 153 Å². The first kappa shape index (κ1) is 17.3. The van der Waals surface area contributed by atoms with E-state index in [0.29, 0.717) is 5.82 Å². The van der Waals surface area contributed by atoms with Crippen molar-refractivity contribution in [3.8, 4) is 0 Å².